The molecule has 0 aliphatic heterocycles. The van der Waals surface area contributed by atoms with Crippen LogP contribution in [0.25, 0.3) is 0 Å². The van der Waals surface area contributed by atoms with Gasteiger partial charge in [-0.2, -0.15) is 0 Å². The highest BCUT2D eigenvalue weighted by Crippen LogP contribution is 2.24. The summed E-state index contributed by atoms with van der Waals surface area (Å²) < 4.78 is 7.10. The number of nitrogens with one attached hydrogen (secondary N) is 1. The van der Waals surface area contributed by atoms with Crippen LogP contribution in [-0.4, -0.2) is 6.54 Å². The SMILES string of the molecule is Cc1cc(Oc2ccc(I)cc2)ccc1CNCC(C)C. The van der Waals surface area contributed by atoms with Crippen LogP contribution in [-0.2, 0) is 6.54 Å². The molecule has 0 amide bonds. The normalized spacial score (nSPS) is 10.9. The van der Waals surface area contributed by atoms with Gasteiger partial charge in [-0.1, -0.05) is 19.9 Å². The van der Waals surface area contributed by atoms with Crippen molar-refractivity contribution >= 4 is 22.6 Å². The Kier molecular flexibility index (Phi) is 6.06. The number of hydrogen-bond acceptors (Lipinski definition) is 2. The maximum absolute atomic E-state index is 5.89. The topological polar surface area (TPSA) is 21.3 Å². The van der Waals surface area contributed by atoms with Crippen LogP contribution in [0.3, 0.4) is 0 Å². The van der Waals surface area contributed by atoms with Gasteiger partial charge in [0, 0.05) is 10.1 Å². The average Bonchev–Trinajstić information content (AvgIpc) is 2.43. The summed E-state index contributed by atoms with van der Waals surface area (Å²) in [6, 6.07) is 14.4. The summed E-state index contributed by atoms with van der Waals surface area (Å²) in [7, 11) is 0. The largest absolute Gasteiger partial charge is 0.457 e. The van der Waals surface area contributed by atoms with E-state index in [1.54, 1.807) is 0 Å². The molecular formula is C18H22INO. The number of ether oxygens (including phenoxy) is 1. The smallest absolute Gasteiger partial charge is 0.127 e. The monoisotopic (exact) mass is 395 g/mol. The van der Waals surface area contributed by atoms with Gasteiger partial charge in [0.25, 0.3) is 0 Å². The van der Waals surface area contributed by atoms with Gasteiger partial charge >= 0.3 is 0 Å². The highest BCUT2D eigenvalue weighted by Gasteiger charge is 2.03. The van der Waals surface area contributed by atoms with E-state index in [0.29, 0.717) is 5.92 Å². The molecule has 0 radical (unpaired) electrons. The summed E-state index contributed by atoms with van der Waals surface area (Å²) in [5.74, 6) is 2.44. The molecule has 3 heteroatoms. The third-order valence-corrected chi connectivity index (χ3v) is 3.95. The summed E-state index contributed by atoms with van der Waals surface area (Å²) in [5, 5.41) is 3.48. The molecule has 0 aliphatic rings. The quantitative estimate of drug-likeness (QED) is 0.685. The highest BCUT2D eigenvalue weighted by atomic mass is 127. The van der Waals surface area contributed by atoms with Gasteiger partial charge in [-0.25, -0.2) is 0 Å². The van der Waals surface area contributed by atoms with Crippen LogP contribution in [0.1, 0.15) is 25.0 Å². The first-order chi connectivity index (χ1) is 10.0. The number of hydrogen-bond donors (Lipinski definition) is 1. The van der Waals surface area contributed by atoms with E-state index in [1.165, 1.54) is 14.7 Å². The Bertz CT molecular complexity index is 578. The number of benzene rings is 2. The maximum Gasteiger partial charge on any atom is 0.127 e. The third-order valence-electron chi connectivity index (χ3n) is 3.23. The Morgan fingerprint density at radius 3 is 2.33 bits per heavy atom. The van der Waals surface area contributed by atoms with Crippen molar-refractivity contribution in [2.45, 2.75) is 27.3 Å². The van der Waals surface area contributed by atoms with E-state index in [-0.39, 0.29) is 0 Å². The third kappa shape index (κ3) is 5.32. The lowest BCUT2D eigenvalue weighted by molar-refractivity contribution is 0.481. The van der Waals surface area contributed by atoms with Crippen LogP contribution in [0, 0.1) is 16.4 Å². The van der Waals surface area contributed by atoms with Crippen LogP contribution in [0.4, 0.5) is 0 Å². The van der Waals surface area contributed by atoms with E-state index in [4.69, 9.17) is 4.74 Å². The van der Waals surface area contributed by atoms with Gasteiger partial charge in [-0.15, -0.1) is 0 Å². The summed E-state index contributed by atoms with van der Waals surface area (Å²) in [6.07, 6.45) is 0. The van der Waals surface area contributed by atoms with Crippen molar-refractivity contribution in [2.75, 3.05) is 6.54 Å². The lowest BCUT2D eigenvalue weighted by Gasteiger charge is -2.12. The Balaban J connectivity index is 1.99. The summed E-state index contributed by atoms with van der Waals surface area (Å²) >= 11 is 2.29. The minimum atomic E-state index is 0.675. The summed E-state index contributed by atoms with van der Waals surface area (Å²) in [4.78, 5) is 0. The number of rotatable bonds is 6. The highest BCUT2D eigenvalue weighted by molar-refractivity contribution is 14.1. The lowest BCUT2D eigenvalue weighted by Crippen LogP contribution is -2.19. The molecule has 0 aromatic heterocycles. The van der Waals surface area contributed by atoms with Crippen LogP contribution < -0.4 is 10.1 Å². The van der Waals surface area contributed by atoms with Crippen molar-refractivity contribution in [3.63, 3.8) is 0 Å². The van der Waals surface area contributed by atoms with Gasteiger partial charge in [0.05, 0.1) is 0 Å². The van der Waals surface area contributed by atoms with Gasteiger partial charge in [0.15, 0.2) is 0 Å². The zero-order valence-electron chi connectivity index (χ0n) is 12.8. The fraction of sp³-hybridized carbons (Fsp3) is 0.333. The first kappa shape index (κ1) is 16.3. The van der Waals surface area contributed by atoms with Crippen LogP contribution in [0.5, 0.6) is 11.5 Å². The Labute approximate surface area is 141 Å². The fourth-order valence-corrected chi connectivity index (χ4v) is 2.42. The van der Waals surface area contributed by atoms with Gasteiger partial charge in [-0.05, 0) is 89.5 Å². The molecule has 0 bridgehead atoms. The molecule has 2 aromatic rings. The lowest BCUT2D eigenvalue weighted by atomic mass is 10.1. The molecule has 2 aromatic carbocycles. The zero-order valence-corrected chi connectivity index (χ0v) is 15.0. The predicted molar refractivity (Wildman–Crippen MR) is 97.0 cm³/mol. The van der Waals surface area contributed by atoms with Crippen molar-refractivity contribution in [3.8, 4) is 11.5 Å². The van der Waals surface area contributed by atoms with E-state index in [1.807, 2.05) is 30.3 Å². The molecule has 2 rings (SSSR count). The van der Waals surface area contributed by atoms with E-state index >= 15 is 0 Å². The van der Waals surface area contributed by atoms with E-state index in [2.05, 4.69) is 60.8 Å². The first-order valence-corrected chi connectivity index (χ1v) is 8.36. The molecule has 21 heavy (non-hydrogen) atoms. The minimum Gasteiger partial charge on any atom is -0.457 e. The molecule has 0 aliphatic carbocycles. The molecule has 0 atom stereocenters. The summed E-state index contributed by atoms with van der Waals surface area (Å²) in [5.41, 5.74) is 2.58. The number of aryl methyl sites for hydroxylation is 1. The molecule has 0 saturated heterocycles. The molecule has 112 valence electrons. The summed E-state index contributed by atoms with van der Waals surface area (Å²) in [6.45, 7) is 8.52. The maximum atomic E-state index is 5.89. The molecule has 0 unspecified atom stereocenters. The second-order valence-electron chi connectivity index (χ2n) is 5.67. The Morgan fingerprint density at radius 1 is 1.05 bits per heavy atom. The Morgan fingerprint density at radius 2 is 1.71 bits per heavy atom. The molecule has 0 fully saturated rings. The van der Waals surface area contributed by atoms with E-state index in [0.717, 1.165) is 24.6 Å². The molecule has 1 N–H and O–H groups in total. The number of halogens is 1. The van der Waals surface area contributed by atoms with E-state index in [9.17, 15) is 0 Å². The standard InChI is InChI=1S/C18H22INO/c1-13(2)11-20-12-15-4-7-18(10-14(15)3)21-17-8-5-16(19)6-9-17/h4-10,13,20H,11-12H2,1-3H3. The van der Waals surface area contributed by atoms with E-state index < -0.39 is 0 Å². The molecule has 2 nitrogen and oxygen atoms in total. The van der Waals surface area contributed by atoms with Gasteiger partial charge in [0.2, 0.25) is 0 Å². The van der Waals surface area contributed by atoms with Crippen molar-refractivity contribution in [1.29, 1.82) is 0 Å². The predicted octanol–water partition coefficient (Wildman–Crippen LogP) is 5.14. The zero-order chi connectivity index (χ0) is 15.2. The van der Waals surface area contributed by atoms with Crippen LogP contribution >= 0.6 is 22.6 Å². The molecule has 0 heterocycles. The second-order valence-corrected chi connectivity index (χ2v) is 6.91. The Hall–Kier alpha value is -1.07. The molecule has 0 spiro atoms. The molecule has 0 saturated carbocycles. The van der Waals surface area contributed by atoms with Crippen molar-refractivity contribution < 1.29 is 4.74 Å². The fourth-order valence-electron chi connectivity index (χ4n) is 2.06. The average molecular weight is 395 g/mol. The van der Waals surface area contributed by atoms with Crippen molar-refractivity contribution in [2.24, 2.45) is 5.92 Å². The van der Waals surface area contributed by atoms with Gasteiger partial charge < -0.3 is 10.1 Å². The first-order valence-electron chi connectivity index (χ1n) is 7.28. The van der Waals surface area contributed by atoms with Crippen molar-refractivity contribution in [1.82, 2.24) is 5.32 Å². The van der Waals surface area contributed by atoms with Crippen molar-refractivity contribution in [3.05, 3.63) is 57.2 Å². The van der Waals surface area contributed by atoms with Gasteiger partial charge in [0.1, 0.15) is 11.5 Å². The second kappa shape index (κ2) is 7.80. The molecular weight excluding hydrogens is 373 g/mol. The minimum absolute atomic E-state index is 0.675. The van der Waals surface area contributed by atoms with Crippen LogP contribution in [0.15, 0.2) is 42.5 Å². The van der Waals surface area contributed by atoms with Crippen LogP contribution in [0.2, 0.25) is 0 Å². The van der Waals surface area contributed by atoms with Gasteiger partial charge in [-0.3, -0.25) is 0 Å².